The Bertz CT molecular complexity index is 282. The zero-order valence-corrected chi connectivity index (χ0v) is 10.8. The topological polar surface area (TPSA) is 32.3 Å². The van der Waals surface area contributed by atoms with E-state index in [1.807, 2.05) is 12.1 Å². The quantitative estimate of drug-likeness (QED) is 0.863. The summed E-state index contributed by atoms with van der Waals surface area (Å²) in [5.41, 5.74) is 1.24. The molecule has 0 unspecified atom stereocenters. The number of rotatable bonds is 5. The van der Waals surface area contributed by atoms with E-state index in [1.165, 1.54) is 5.56 Å². The first-order valence-corrected chi connectivity index (χ1v) is 6.09. The lowest BCUT2D eigenvalue weighted by atomic mass is 10.1. The van der Waals surface area contributed by atoms with Crippen molar-refractivity contribution in [2.24, 2.45) is 0 Å². The van der Waals surface area contributed by atoms with Crippen LogP contribution in [0, 0.1) is 0 Å². The molecule has 0 aromatic heterocycles. The Labute approximate surface area is 99.8 Å². The molecule has 2 N–H and O–H groups in total. The number of halogens is 1. The van der Waals surface area contributed by atoms with E-state index in [-0.39, 0.29) is 18.7 Å². The molecule has 1 aromatic rings. The van der Waals surface area contributed by atoms with Crippen LogP contribution >= 0.6 is 15.9 Å². The van der Waals surface area contributed by atoms with Gasteiger partial charge in [-0.1, -0.05) is 35.0 Å². The van der Waals surface area contributed by atoms with Crippen molar-refractivity contribution in [1.29, 1.82) is 0 Å². The summed E-state index contributed by atoms with van der Waals surface area (Å²) < 4.78 is 1.09. The zero-order valence-electron chi connectivity index (χ0n) is 9.20. The van der Waals surface area contributed by atoms with Crippen LogP contribution in [-0.4, -0.2) is 17.8 Å². The van der Waals surface area contributed by atoms with Crippen LogP contribution in [0.5, 0.6) is 0 Å². The van der Waals surface area contributed by atoms with E-state index in [4.69, 9.17) is 5.11 Å². The number of nitrogens with one attached hydrogen (secondary N) is 1. The lowest BCUT2D eigenvalue weighted by molar-refractivity contribution is 0.230. The Balaban J connectivity index is 2.60. The minimum Gasteiger partial charge on any atom is -0.395 e. The molecule has 84 valence electrons. The van der Waals surface area contributed by atoms with Crippen LogP contribution in [0.1, 0.15) is 31.9 Å². The summed E-state index contributed by atoms with van der Waals surface area (Å²) >= 11 is 3.41. The minimum atomic E-state index is 0.184. The van der Waals surface area contributed by atoms with Crippen molar-refractivity contribution >= 4 is 15.9 Å². The average Bonchev–Trinajstić information content (AvgIpc) is 2.26. The molecule has 0 fully saturated rings. The first kappa shape index (κ1) is 12.7. The smallest absolute Gasteiger partial charge is 0.0584 e. The highest BCUT2D eigenvalue weighted by Crippen LogP contribution is 2.17. The first-order chi connectivity index (χ1) is 7.17. The second-order valence-electron chi connectivity index (χ2n) is 3.73. The molecule has 0 bridgehead atoms. The lowest BCUT2D eigenvalue weighted by Gasteiger charge is -2.20. The van der Waals surface area contributed by atoms with E-state index in [9.17, 15) is 0 Å². The van der Waals surface area contributed by atoms with Crippen LogP contribution in [0.15, 0.2) is 28.7 Å². The molecule has 0 radical (unpaired) electrons. The van der Waals surface area contributed by atoms with E-state index in [1.54, 1.807) is 0 Å². The van der Waals surface area contributed by atoms with E-state index >= 15 is 0 Å². The summed E-state index contributed by atoms with van der Waals surface area (Å²) in [7, 11) is 0. The normalized spacial score (nSPS) is 14.9. The minimum absolute atomic E-state index is 0.184. The molecule has 0 aliphatic rings. The van der Waals surface area contributed by atoms with Crippen LogP contribution in [0.3, 0.4) is 0 Å². The molecule has 15 heavy (non-hydrogen) atoms. The van der Waals surface area contributed by atoms with Gasteiger partial charge in [0.15, 0.2) is 0 Å². The monoisotopic (exact) mass is 271 g/mol. The van der Waals surface area contributed by atoms with Gasteiger partial charge in [-0.3, -0.25) is 0 Å². The maximum Gasteiger partial charge on any atom is 0.0584 e. The van der Waals surface area contributed by atoms with Gasteiger partial charge in [-0.2, -0.15) is 0 Å². The number of benzene rings is 1. The summed E-state index contributed by atoms with van der Waals surface area (Å²) in [6.07, 6.45) is 0.942. The molecule has 0 amide bonds. The lowest BCUT2D eigenvalue weighted by Crippen LogP contribution is -2.33. The molecule has 0 spiro atoms. The highest BCUT2D eigenvalue weighted by atomic mass is 79.9. The van der Waals surface area contributed by atoms with Crippen LogP contribution in [0.25, 0.3) is 0 Å². The van der Waals surface area contributed by atoms with Gasteiger partial charge in [0.2, 0.25) is 0 Å². The second-order valence-corrected chi connectivity index (χ2v) is 4.64. The summed E-state index contributed by atoms with van der Waals surface area (Å²) in [5, 5.41) is 12.5. The van der Waals surface area contributed by atoms with Gasteiger partial charge in [-0.25, -0.2) is 0 Å². The fourth-order valence-corrected chi connectivity index (χ4v) is 1.77. The van der Waals surface area contributed by atoms with Crippen molar-refractivity contribution in [3.63, 3.8) is 0 Å². The van der Waals surface area contributed by atoms with E-state index in [2.05, 4.69) is 47.2 Å². The van der Waals surface area contributed by atoms with Crippen molar-refractivity contribution in [2.45, 2.75) is 32.4 Å². The van der Waals surface area contributed by atoms with E-state index in [0.717, 1.165) is 10.9 Å². The summed E-state index contributed by atoms with van der Waals surface area (Å²) in [6, 6.07) is 8.71. The largest absolute Gasteiger partial charge is 0.395 e. The van der Waals surface area contributed by atoms with Gasteiger partial charge in [-0.05, 0) is 31.0 Å². The predicted molar refractivity (Wildman–Crippen MR) is 66.9 cm³/mol. The number of hydrogen-bond donors (Lipinski definition) is 2. The molecule has 0 saturated heterocycles. The van der Waals surface area contributed by atoms with Gasteiger partial charge in [0.1, 0.15) is 0 Å². The Morgan fingerprint density at radius 1 is 1.33 bits per heavy atom. The molecule has 0 aliphatic carbocycles. The standard InChI is InChI=1S/C12H18BrNO/c1-3-12(8-15)14-9(2)10-4-6-11(13)7-5-10/h4-7,9,12,14-15H,3,8H2,1-2H3/t9-,12-/m0/s1. The molecule has 0 heterocycles. The highest BCUT2D eigenvalue weighted by Gasteiger charge is 2.10. The summed E-state index contributed by atoms with van der Waals surface area (Å²) in [6.45, 7) is 4.38. The van der Waals surface area contributed by atoms with Gasteiger partial charge < -0.3 is 10.4 Å². The van der Waals surface area contributed by atoms with Gasteiger partial charge in [0, 0.05) is 16.6 Å². The third-order valence-corrected chi connectivity index (χ3v) is 3.10. The van der Waals surface area contributed by atoms with Crippen molar-refractivity contribution in [1.82, 2.24) is 5.32 Å². The Kier molecular flexibility index (Phi) is 5.29. The maximum atomic E-state index is 9.10. The van der Waals surface area contributed by atoms with Gasteiger partial charge >= 0.3 is 0 Å². The van der Waals surface area contributed by atoms with E-state index in [0.29, 0.717) is 0 Å². The van der Waals surface area contributed by atoms with Crippen LogP contribution < -0.4 is 5.32 Å². The molecule has 0 aliphatic heterocycles. The van der Waals surface area contributed by atoms with Gasteiger partial charge in [0.25, 0.3) is 0 Å². The number of aliphatic hydroxyl groups excluding tert-OH is 1. The molecule has 1 rings (SSSR count). The summed E-state index contributed by atoms with van der Waals surface area (Å²) in [5.74, 6) is 0. The third-order valence-electron chi connectivity index (χ3n) is 2.57. The SMILES string of the molecule is CC[C@@H](CO)N[C@@H](C)c1ccc(Br)cc1. The van der Waals surface area contributed by atoms with Gasteiger partial charge in [-0.15, -0.1) is 0 Å². The molecule has 3 heteroatoms. The van der Waals surface area contributed by atoms with Crippen LogP contribution in [0.4, 0.5) is 0 Å². The zero-order chi connectivity index (χ0) is 11.3. The summed E-state index contributed by atoms with van der Waals surface area (Å²) in [4.78, 5) is 0. The molecule has 2 atom stereocenters. The maximum absolute atomic E-state index is 9.10. The fourth-order valence-electron chi connectivity index (χ4n) is 1.50. The highest BCUT2D eigenvalue weighted by molar-refractivity contribution is 9.10. The Morgan fingerprint density at radius 3 is 2.40 bits per heavy atom. The number of aliphatic hydroxyl groups is 1. The Hall–Kier alpha value is -0.380. The molecule has 0 saturated carbocycles. The third kappa shape index (κ3) is 3.93. The first-order valence-electron chi connectivity index (χ1n) is 5.29. The van der Waals surface area contributed by atoms with Crippen molar-refractivity contribution in [2.75, 3.05) is 6.61 Å². The van der Waals surface area contributed by atoms with Crippen molar-refractivity contribution in [3.8, 4) is 0 Å². The average molecular weight is 272 g/mol. The Morgan fingerprint density at radius 2 is 1.93 bits per heavy atom. The van der Waals surface area contributed by atoms with Crippen LogP contribution in [0.2, 0.25) is 0 Å². The second kappa shape index (κ2) is 6.26. The molecular weight excluding hydrogens is 254 g/mol. The van der Waals surface area contributed by atoms with Gasteiger partial charge in [0.05, 0.1) is 6.61 Å². The predicted octanol–water partition coefficient (Wildman–Crippen LogP) is 2.87. The number of hydrogen-bond acceptors (Lipinski definition) is 2. The van der Waals surface area contributed by atoms with E-state index < -0.39 is 0 Å². The molecule has 2 nitrogen and oxygen atoms in total. The molecule has 1 aromatic carbocycles. The van der Waals surface area contributed by atoms with Crippen LogP contribution in [-0.2, 0) is 0 Å². The molecular formula is C12H18BrNO. The fraction of sp³-hybridized carbons (Fsp3) is 0.500. The van der Waals surface area contributed by atoms with Crippen molar-refractivity contribution < 1.29 is 5.11 Å². The van der Waals surface area contributed by atoms with Crippen molar-refractivity contribution in [3.05, 3.63) is 34.3 Å².